The number of rotatable bonds is 8. The normalized spacial score (nSPS) is 11.7. The first-order valence-corrected chi connectivity index (χ1v) is 8.35. The number of fused-ring (bicyclic) bond motifs is 1. The fourth-order valence-electron chi connectivity index (χ4n) is 2.85. The lowest BCUT2D eigenvalue weighted by Crippen LogP contribution is -2.13. The minimum atomic E-state index is 1.16. The molecule has 0 heterocycles. The first kappa shape index (κ1) is 17.0. The van der Waals surface area contributed by atoms with E-state index in [0.717, 1.165) is 13.1 Å². The molecule has 0 bridgehead atoms. The Morgan fingerprint density at radius 3 is 1.41 bits per heavy atom. The van der Waals surface area contributed by atoms with Crippen LogP contribution in [0.3, 0.4) is 0 Å². The second-order valence-corrected chi connectivity index (χ2v) is 6.83. The average molecular weight is 298 g/mol. The van der Waals surface area contributed by atoms with E-state index in [9.17, 15) is 0 Å². The van der Waals surface area contributed by atoms with Crippen molar-refractivity contribution in [1.29, 1.82) is 0 Å². The zero-order valence-corrected chi connectivity index (χ0v) is 14.6. The van der Waals surface area contributed by atoms with Crippen LogP contribution in [0.1, 0.15) is 24.0 Å². The molecule has 0 fully saturated rings. The number of aryl methyl sites for hydroxylation is 2. The van der Waals surface area contributed by atoms with Gasteiger partial charge in [0.25, 0.3) is 0 Å². The molecule has 120 valence electrons. The maximum absolute atomic E-state index is 2.36. The van der Waals surface area contributed by atoms with Crippen LogP contribution in [-0.2, 0) is 12.8 Å². The van der Waals surface area contributed by atoms with Gasteiger partial charge in [0.15, 0.2) is 0 Å². The van der Waals surface area contributed by atoms with E-state index in [0.29, 0.717) is 0 Å². The van der Waals surface area contributed by atoms with Crippen LogP contribution in [0, 0.1) is 0 Å². The molecule has 2 heteroatoms. The van der Waals surface area contributed by atoms with Crippen LogP contribution >= 0.6 is 0 Å². The first-order chi connectivity index (χ1) is 10.5. The molecule has 2 rings (SSSR count). The molecule has 0 N–H and O–H groups in total. The van der Waals surface area contributed by atoms with Gasteiger partial charge in [-0.15, -0.1) is 0 Å². The number of nitrogens with zero attached hydrogens (tertiary/aromatic N) is 2. The summed E-state index contributed by atoms with van der Waals surface area (Å²) in [5.41, 5.74) is 2.91. The summed E-state index contributed by atoms with van der Waals surface area (Å²) in [6.07, 6.45) is 4.78. The standard InChI is InChI=1S/C20H30N2/c1-21(2)13-5-7-17-9-11-20-16-18(8-6-14-22(3)4)10-12-19(20)15-17/h9-12,15-16H,5-8,13-14H2,1-4H3. The molecule has 2 nitrogen and oxygen atoms in total. The predicted octanol–water partition coefficient (Wildman–Crippen LogP) is 3.83. The van der Waals surface area contributed by atoms with E-state index in [1.54, 1.807) is 0 Å². The molecule has 0 amide bonds. The lowest BCUT2D eigenvalue weighted by Gasteiger charge is -2.11. The van der Waals surface area contributed by atoms with Crippen LogP contribution in [-0.4, -0.2) is 51.1 Å². The van der Waals surface area contributed by atoms with Crippen LogP contribution < -0.4 is 0 Å². The second kappa shape index (κ2) is 8.30. The molecule has 0 aromatic heterocycles. The molecule has 22 heavy (non-hydrogen) atoms. The van der Waals surface area contributed by atoms with Gasteiger partial charge in [-0.25, -0.2) is 0 Å². The molecule has 0 saturated heterocycles. The summed E-state index contributed by atoms with van der Waals surface area (Å²) in [5, 5.41) is 2.75. The van der Waals surface area contributed by atoms with Gasteiger partial charge >= 0.3 is 0 Å². The number of hydrogen-bond donors (Lipinski definition) is 0. The molecule has 0 aliphatic heterocycles. The van der Waals surface area contributed by atoms with Gasteiger partial charge in [-0.3, -0.25) is 0 Å². The number of hydrogen-bond acceptors (Lipinski definition) is 2. The molecular weight excluding hydrogens is 268 g/mol. The van der Waals surface area contributed by atoms with Crippen molar-refractivity contribution in [2.24, 2.45) is 0 Å². The zero-order valence-electron chi connectivity index (χ0n) is 14.6. The average Bonchev–Trinajstić information content (AvgIpc) is 2.46. The van der Waals surface area contributed by atoms with Crippen LogP contribution in [0.15, 0.2) is 36.4 Å². The summed E-state index contributed by atoms with van der Waals surface area (Å²) in [7, 11) is 8.55. The maximum atomic E-state index is 2.36. The molecule has 0 spiro atoms. The summed E-state index contributed by atoms with van der Waals surface area (Å²) in [5.74, 6) is 0. The van der Waals surface area contributed by atoms with Gasteiger partial charge < -0.3 is 9.80 Å². The molecular formula is C20H30N2. The zero-order chi connectivity index (χ0) is 15.9. The first-order valence-electron chi connectivity index (χ1n) is 8.35. The van der Waals surface area contributed by atoms with Crippen molar-refractivity contribution in [3.8, 4) is 0 Å². The highest BCUT2D eigenvalue weighted by atomic mass is 15.0. The molecule has 2 aromatic rings. The van der Waals surface area contributed by atoms with Crippen molar-refractivity contribution in [3.63, 3.8) is 0 Å². The quantitative estimate of drug-likeness (QED) is 0.731. The van der Waals surface area contributed by atoms with E-state index in [2.05, 4.69) is 74.4 Å². The van der Waals surface area contributed by atoms with Crippen LogP contribution in [0.5, 0.6) is 0 Å². The Hall–Kier alpha value is -1.38. The maximum Gasteiger partial charge on any atom is -0.00217 e. The van der Waals surface area contributed by atoms with E-state index in [-0.39, 0.29) is 0 Å². The van der Waals surface area contributed by atoms with Crippen molar-refractivity contribution in [1.82, 2.24) is 9.80 Å². The largest absolute Gasteiger partial charge is 0.309 e. The molecule has 2 aromatic carbocycles. The van der Waals surface area contributed by atoms with Crippen LogP contribution in [0.4, 0.5) is 0 Å². The fraction of sp³-hybridized carbons (Fsp3) is 0.500. The van der Waals surface area contributed by atoms with Gasteiger partial charge in [-0.05, 0) is 88.9 Å². The Balaban J connectivity index is 1.99. The van der Waals surface area contributed by atoms with Crippen LogP contribution in [0.2, 0.25) is 0 Å². The minimum Gasteiger partial charge on any atom is -0.309 e. The van der Waals surface area contributed by atoms with Crippen molar-refractivity contribution in [2.45, 2.75) is 25.7 Å². The van der Waals surface area contributed by atoms with Gasteiger partial charge in [0.05, 0.1) is 0 Å². The second-order valence-electron chi connectivity index (χ2n) is 6.83. The Labute approximate surface area is 135 Å². The third-order valence-corrected chi connectivity index (χ3v) is 4.11. The molecule has 0 atom stereocenters. The molecule has 0 saturated carbocycles. The fourth-order valence-corrected chi connectivity index (χ4v) is 2.85. The highest BCUT2D eigenvalue weighted by Gasteiger charge is 2.01. The summed E-state index contributed by atoms with van der Waals surface area (Å²) >= 11 is 0. The van der Waals surface area contributed by atoms with E-state index in [1.807, 2.05) is 0 Å². The van der Waals surface area contributed by atoms with E-state index >= 15 is 0 Å². The summed E-state index contributed by atoms with van der Waals surface area (Å²) in [6, 6.07) is 13.9. The van der Waals surface area contributed by atoms with Crippen molar-refractivity contribution in [2.75, 3.05) is 41.3 Å². The molecule has 0 radical (unpaired) electrons. The lowest BCUT2D eigenvalue weighted by molar-refractivity contribution is 0.400. The predicted molar refractivity (Wildman–Crippen MR) is 97.7 cm³/mol. The van der Waals surface area contributed by atoms with Gasteiger partial charge in [0.1, 0.15) is 0 Å². The summed E-state index contributed by atoms with van der Waals surface area (Å²) < 4.78 is 0. The summed E-state index contributed by atoms with van der Waals surface area (Å²) in [4.78, 5) is 4.50. The SMILES string of the molecule is CN(C)CCCc1ccc2cc(CCCN(C)C)ccc2c1. The van der Waals surface area contributed by atoms with E-state index < -0.39 is 0 Å². The third kappa shape index (κ3) is 5.43. The van der Waals surface area contributed by atoms with E-state index in [4.69, 9.17) is 0 Å². The van der Waals surface area contributed by atoms with E-state index in [1.165, 1.54) is 47.6 Å². The Bertz CT molecular complexity index is 534. The topological polar surface area (TPSA) is 6.48 Å². The van der Waals surface area contributed by atoms with Crippen molar-refractivity contribution >= 4 is 10.8 Å². The minimum absolute atomic E-state index is 1.16. The van der Waals surface area contributed by atoms with Crippen molar-refractivity contribution < 1.29 is 0 Å². The third-order valence-electron chi connectivity index (χ3n) is 4.11. The number of benzene rings is 2. The van der Waals surface area contributed by atoms with Crippen molar-refractivity contribution in [3.05, 3.63) is 47.5 Å². The monoisotopic (exact) mass is 298 g/mol. The Morgan fingerprint density at radius 1 is 0.636 bits per heavy atom. The highest BCUT2D eigenvalue weighted by Crippen LogP contribution is 2.19. The highest BCUT2D eigenvalue weighted by molar-refractivity contribution is 5.83. The van der Waals surface area contributed by atoms with Gasteiger partial charge in [0.2, 0.25) is 0 Å². The van der Waals surface area contributed by atoms with Gasteiger partial charge in [-0.1, -0.05) is 36.4 Å². The lowest BCUT2D eigenvalue weighted by atomic mass is 10.0. The van der Waals surface area contributed by atoms with Crippen LogP contribution in [0.25, 0.3) is 10.8 Å². The van der Waals surface area contributed by atoms with Gasteiger partial charge in [-0.2, -0.15) is 0 Å². The molecule has 0 unspecified atom stereocenters. The van der Waals surface area contributed by atoms with Gasteiger partial charge in [0, 0.05) is 0 Å². The summed E-state index contributed by atoms with van der Waals surface area (Å²) in [6.45, 7) is 2.31. The molecule has 0 aliphatic carbocycles. The molecule has 0 aliphatic rings. The smallest absolute Gasteiger partial charge is 0.00217 e. The Morgan fingerprint density at radius 2 is 1.05 bits per heavy atom. The Kier molecular flexibility index (Phi) is 6.41.